The molecule has 0 bridgehead atoms. The second-order valence-electron chi connectivity index (χ2n) is 2.75. The van der Waals surface area contributed by atoms with Gasteiger partial charge in [0.1, 0.15) is 0 Å². The molecule has 2 aromatic rings. The van der Waals surface area contributed by atoms with Crippen LogP contribution in [-0.4, -0.2) is 6.98 Å². The number of rotatable bonds is 1. The molecule has 0 atom stereocenters. The van der Waals surface area contributed by atoms with Crippen molar-refractivity contribution in [2.24, 2.45) is 0 Å². The highest BCUT2D eigenvalue weighted by atomic mass is 32.1. The normalized spacial score (nSPS) is 12.2. The molecule has 1 aromatic heterocycles. The Morgan fingerprint density at radius 1 is 1.08 bits per heavy atom. The number of halogens is 3. The molecule has 0 radical (unpaired) electrons. The van der Waals surface area contributed by atoms with E-state index in [1.54, 1.807) is 11.4 Å². The van der Waals surface area contributed by atoms with E-state index in [1.807, 2.05) is 0 Å². The standard InChI is InChI=1S/C8H5BF3S/c10-9(11,12)7-2-1-3-8-6(7)4-5-13-8/h1-5H/q-1. The monoisotopic (exact) mass is 201 g/mol. The van der Waals surface area contributed by atoms with Gasteiger partial charge in [0.05, 0.1) is 0 Å². The Balaban J connectivity index is 2.75. The minimum atomic E-state index is -4.88. The Morgan fingerprint density at radius 3 is 2.54 bits per heavy atom. The molecule has 0 spiro atoms. The minimum Gasteiger partial charge on any atom is -0.445 e. The predicted molar refractivity (Wildman–Crippen MR) is 50.5 cm³/mol. The maximum atomic E-state index is 12.5. The molecule has 0 fully saturated rings. The van der Waals surface area contributed by atoms with Crippen LogP contribution in [0.4, 0.5) is 12.9 Å². The number of hydrogen-bond donors (Lipinski definition) is 0. The van der Waals surface area contributed by atoms with Crippen molar-refractivity contribution in [2.75, 3.05) is 0 Å². The van der Waals surface area contributed by atoms with Crippen LogP contribution in [0.15, 0.2) is 29.6 Å². The molecule has 68 valence electrons. The lowest BCUT2D eigenvalue weighted by Gasteiger charge is -2.15. The van der Waals surface area contributed by atoms with Crippen molar-refractivity contribution in [3.05, 3.63) is 29.6 Å². The Hall–Kier alpha value is -0.965. The van der Waals surface area contributed by atoms with E-state index in [-0.39, 0.29) is 0 Å². The van der Waals surface area contributed by atoms with Crippen molar-refractivity contribution >= 4 is 33.9 Å². The van der Waals surface area contributed by atoms with E-state index in [2.05, 4.69) is 0 Å². The second-order valence-corrected chi connectivity index (χ2v) is 3.70. The lowest BCUT2D eigenvalue weighted by molar-refractivity contribution is 0.502. The maximum Gasteiger partial charge on any atom is 0.510 e. The number of benzene rings is 1. The quantitative estimate of drug-likeness (QED) is 0.622. The van der Waals surface area contributed by atoms with E-state index in [0.717, 1.165) is 6.07 Å². The van der Waals surface area contributed by atoms with Gasteiger partial charge in [-0.2, -0.15) is 0 Å². The van der Waals surface area contributed by atoms with Crippen LogP contribution in [-0.2, 0) is 0 Å². The van der Waals surface area contributed by atoms with E-state index in [9.17, 15) is 12.9 Å². The largest absolute Gasteiger partial charge is 0.510 e. The highest BCUT2D eigenvalue weighted by molar-refractivity contribution is 7.17. The van der Waals surface area contributed by atoms with Crippen molar-refractivity contribution in [2.45, 2.75) is 0 Å². The Bertz CT molecular complexity index is 432. The van der Waals surface area contributed by atoms with Gasteiger partial charge in [-0.25, -0.2) is 0 Å². The van der Waals surface area contributed by atoms with Gasteiger partial charge in [-0.3, -0.25) is 0 Å². The summed E-state index contributed by atoms with van der Waals surface area (Å²) >= 11 is 1.33. The first-order valence-electron chi connectivity index (χ1n) is 3.75. The summed E-state index contributed by atoms with van der Waals surface area (Å²) in [6.45, 7) is -4.88. The fraction of sp³-hybridized carbons (Fsp3) is 0. The molecule has 0 unspecified atom stereocenters. The third kappa shape index (κ3) is 1.44. The summed E-state index contributed by atoms with van der Waals surface area (Å²) in [6, 6.07) is 5.80. The van der Waals surface area contributed by atoms with Crippen molar-refractivity contribution in [1.82, 2.24) is 0 Å². The van der Waals surface area contributed by atoms with Crippen LogP contribution in [0.3, 0.4) is 0 Å². The molecular formula is C8H5BF3S-. The van der Waals surface area contributed by atoms with Crippen LogP contribution >= 0.6 is 11.3 Å². The van der Waals surface area contributed by atoms with Gasteiger partial charge in [0, 0.05) is 4.70 Å². The minimum absolute atomic E-state index is 0.319. The average Bonchev–Trinajstić information content (AvgIpc) is 2.48. The summed E-state index contributed by atoms with van der Waals surface area (Å²) in [4.78, 5) is 0. The lowest BCUT2D eigenvalue weighted by atomic mass is 9.78. The van der Waals surface area contributed by atoms with Crippen LogP contribution in [0.25, 0.3) is 10.1 Å². The van der Waals surface area contributed by atoms with Gasteiger partial charge < -0.3 is 12.9 Å². The van der Waals surface area contributed by atoms with E-state index in [1.165, 1.54) is 23.5 Å². The van der Waals surface area contributed by atoms with E-state index in [4.69, 9.17) is 0 Å². The smallest absolute Gasteiger partial charge is 0.445 e. The molecule has 0 saturated carbocycles. The zero-order chi connectivity index (χ0) is 9.47. The SMILES string of the molecule is F[B-](F)(F)c1cccc2sccc12. The predicted octanol–water partition coefficient (Wildman–Crippen LogP) is 2.96. The molecule has 0 nitrogen and oxygen atoms in total. The molecule has 0 aliphatic heterocycles. The van der Waals surface area contributed by atoms with Gasteiger partial charge in [0.2, 0.25) is 0 Å². The maximum absolute atomic E-state index is 12.5. The van der Waals surface area contributed by atoms with E-state index < -0.39 is 12.4 Å². The van der Waals surface area contributed by atoms with Crippen molar-refractivity contribution < 1.29 is 12.9 Å². The summed E-state index contributed by atoms with van der Waals surface area (Å²) in [6.07, 6.45) is 0. The molecule has 2 rings (SSSR count). The van der Waals surface area contributed by atoms with Crippen LogP contribution in [0.1, 0.15) is 0 Å². The molecule has 1 heterocycles. The first-order chi connectivity index (χ1) is 6.09. The van der Waals surface area contributed by atoms with Gasteiger partial charge in [0.15, 0.2) is 0 Å². The molecule has 0 aliphatic carbocycles. The summed E-state index contributed by atoms with van der Waals surface area (Å²) in [5, 5.41) is 2.00. The third-order valence-electron chi connectivity index (χ3n) is 1.88. The summed E-state index contributed by atoms with van der Waals surface area (Å²) in [7, 11) is 0. The Labute approximate surface area is 77.1 Å². The molecule has 0 N–H and O–H groups in total. The molecule has 13 heavy (non-hydrogen) atoms. The van der Waals surface area contributed by atoms with Crippen LogP contribution in [0, 0.1) is 0 Å². The van der Waals surface area contributed by atoms with Gasteiger partial charge in [-0.15, -0.1) is 11.3 Å². The zero-order valence-electron chi connectivity index (χ0n) is 6.51. The fourth-order valence-corrected chi connectivity index (χ4v) is 2.12. The molecule has 0 amide bonds. The molecule has 0 saturated heterocycles. The molecular weight excluding hydrogens is 196 g/mol. The molecule has 5 heteroatoms. The van der Waals surface area contributed by atoms with Crippen molar-refractivity contribution in [3.63, 3.8) is 0 Å². The summed E-state index contributed by atoms with van der Waals surface area (Å²) in [5.74, 6) is 0. The van der Waals surface area contributed by atoms with Gasteiger partial charge in [-0.1, -0.05) is 17.6 Å². The topological polar surface area (TPSA) is 0 Å². The van der Waals surface area contributed by atoms with Gasteiger partial charge >= 0.3 is 6.98 Å². The van der Waals surface area contributed by atoms with Crippen LogP contribution < -0.4 is 5.46 Å². The lowest BCUT2D eigenvalue weighted by Crippen LogP contribution is -2.34. The van der Waals surface area contributed by atoms with E-state index in [0.29, 0.717) is 10.1 Å². The summed E-state index contributed by atoms with van der Waals surface area (Å²) in [5.41, 5.74) is -0.487. The summed E-state index contributed by atoms with van der Waals surface area (Å²) < 4.78 is 38.1. The molecule has 0 aliphatic rings. The first-order valence-corrected chi connectivity index (χ1v) is 4.63. The van der Waals surface area contributed by atoms with Crippen LogP contribution in [0.5, 0.6) is 0 Å². The number of thiophene rings is 1. The van der Waals surface area contributed by atoms with Crippen molar-refractivity contribution in [3.8, 4) is 0 Å². The highest BCUT2D eigenvalue weighted by Crippen LogP contribution is 2.22. The van der Waals surface area contributed by atoms with Gasteiger partial charge in [-0.05, 0) is 22.9 Å². The van der Waals surface area contributed by atoms with Crippen LogP contribution in [0.2, 0.25) is 0 Å². The Kier molecular flexibility index (Phi) is 1.84. The second kappa shape index (κ2) is 2.77. The third-order valence-corrected chi connectivity index (χ3v) is 2.76. The van der Waals surface area contributed by atoms with Crippen molar-refractivity contribution in [1.29, 1.82) is 0 Å². The Morgan fingerprint density at radius 2 is 1.85 bits per heavy atom. The van der Waals surface area contributed by atoms with Gasteiger partial charge in [0.25, 0.3) is 0 Å². The number of hydrogen-bond acceptors (Lipinski definition) is 1. The van der Waals surface area contributed by atoms with E-state index >= 15 is 0 Å². The number of fused-ring (bicyclic) bond motifs is 1. The fourth-order valence-electron chi connectivity index (χ4n) is 1.30. The first kappa shape index (κ1) is 8.63. The molecule has 1 aromatic carbocycles. The average molecular weight is 201 g/mol. The highest BCUT2D eigenvalue weighted by Gasteiger charge is 2.27. The zero-order valence-corrected chi connectivity index (χ0v) is 7.32.